The number of aromatic nitrogens is 5. The number of nitrogens with one attached hydrogen (secondary N) is 3. The lowest BCUT2D eigenvalue weighted by Crippen LogP contribution is -2.15. The van der Waals surface area contributed by atoms with Gasteiger partial charge in [0.1, 0.15) is 0 Å². The first kappa shape index (κ1) is 20.2. The molecule has 0 saturated carbocycles. The maximum Gasteiger partial charge on any atom is 0.261 e. The number of carbonyl (C=O) groups is 1. The lowest BCUT2D eigenvalue weighted by molar-refractivity contribution is -0.113. The van der Waals surface area contributed by atoms with Crippen LogP contribution in [-0.2, 0) is 4.79 Å². The van der Waals surface area contributed by atoms with Crippen molar-refractivity contribution in [2.75, 3.05) is 34.8 Å². The minimum atomic E-state index is -0.170. The normalized spacial score (nSPS) is 10.9. The molecule has 3 N–H and O–H groups in total. The summed E-state index contributed by atoms with van der Waals surface area (Å²) in [5.74, 6) is 1.45. The number of nitrogens with zero attached hydrogens (tertiary/aromatic N) is 5. The number of thioether (sulfide) groups is 1. The van der Waals surface area contributed by atoms with Crippen LogP contribution in [0.4, 0.5) is 17.6 Å². The summed E-state index contributed by atoms with van der Waals surface area (Å²) in [5, 5.41) is 18.5. The van der Waals surface area contributed by atoms with Gasteiger partial charge in [-0.1, -0.05) is 29.4 Å². The molecule has 3 aromatic rings. The zero-order valence-electron chi connectivity index (χ0n) is 15.8. The molecule has 1 amide bonds. The smallest absolute Gasteiger partial charge is 0.261 e. The SMILES string of the molecule is CCNc1nc(NCC)n2c(SCC(=O)Nc3ccc(C)c(Cl)c3)nnc2n1. The van der Waals surface area contributed by atoms with Crippen LogP contribution >= 0.6 is 23.4 Å². The number of benzene rings is 1. The Morgan fingerprint density at radius 2 is 1.96 bits per heavy atom. The molecular weight excluding hydrogens is 400 g/mol. The maximum absolute atomic E-state index is 12.3. The van der Waals surface area contributed by atoms with Crippen LogP contribution in [0.1, 0.15) is 19.4 Å². The van der Waals surface area contributed by atoms with Crippen LogP contribution in [0.2, 0.25) is 5.02 Å². The molecule has 0 unspecified atom stereocenters. The van der Waals surface area contributed by atoms with Crippen LogP contribution in [0.3, 0.4) is 0 Å². The van der Waals surface area contributed by atoms with E-state index >= 15 is 0 Å². The first-order chi connectivity index (χ1) is 13.5. The van der Waals surface area contributed by atoms with Gasteiger partial charge in [-0.2, -0.15) is 9.97 Å². The van der Waals surface area contributed by atoms with Crippen molar-refractivity contribution in [3.05, 3.63) is 28.8 Å². The number of aryl methyl sites for hydroxylation is 1. The van der Waals surface area contributed by atoms with Crippen molar-refractivity contribution >= 4 is 52.6 Å². The Hall–Kier alpha value is -2.59. The van der Waals surface area contributed by atoms with Crippen molar-refractivity contribution in [2.24, 2.45) is 0 Å². The van der Waals surface area contributed by atoms with Gasteiger partial charge in [-0.3, -0.25) is 4.79 Å². The Balaban J connectivity index is 1.74. The van der Waals surface area contributed by atoms with Crippen molar-refractivity contribution in [3.63, 3.8) is 0 Å². The highest BCUT2D eigenvalue weighted by molar-refractivity contribution is 7.99. The average molecular weight is 421 g/mol. The van der Waals surface area contributed by atoms with Gasteiger partial charge in [-0.25, -0.2) is 4.40 Å². The fourth-order valence-electron chi connectivity index (χ4n) is 2.40. The van der Waals surface area contributed by atoms with Gasteiger partial charge in [0.15, 0.2) is 5.16 Å². The highest BCUT2D eigenvalue weighted by Crippen LogP contribution is 2.23. The number of rotatable bonds is 8. The Kier molecular flexibility index (Phi) is 6.53. The molecule has 148 valence electrons. The largest absolute Gasteiger partial charge is 0.355 e. The number of anilines is 3. The van der Waals surface area contributed by atoms with E-state index in [9.17, 15) is 4.79 Å². The molecule has 0 aliphatic heterocycles. The minimum absolute atomic E-state index is 0.160. The van der Waals surface area contributed by atoms with Gasteiger partial charge < -0.3 is 16.0 Å². The minimum Gasteiger partial charge on any atom is -0.355 e. The molecule has 0 atom stereocenters. The van der Waals surface area contributed by atoms with E-state index in [1.807, 2.05) is 32.9 Å². The third kappa shape index (κ3) is 4.63. The van der Waals surface area contributed by atoms with Gasteiger partial charge in [0.25, 0.3) is 5.78 Å². The van der Waals surface area contributed by atoms with Crippen LogP contribution in [-0.4, -0.2) is 49.3 Å². The number of fused-ring (bicyclic) bond motifs is 1. The Morgan fingerprint density at radius 3 is 2.68 bits per heavy atom. The van der Waals surface area contributed by atoms with E-state index in [2.05, 4.69) is 36.1 Å². The maximum atomic E-state index is 12.3. The van der Waals surface area contributed by atoms with Gasteiger partial charge in [0.05, 0.1) is 5.75 Å². The predicted molar refractivity (Wildman–Crippen MR) is 112 cm³/mol. The monoisotopic (exact) mass is 420 g/mol. The van der Waals surface area contributed by atoms with Crippen LogP contribution < -0.4 is 16.0 Å². The summed E-state index contributed by atoms with van der Waals surface area (Å²) >= 11 is 7.35. The third-order valence-corrected chi connectivity index (χ3v) is 5.04. The molecule has 1 aromatic carbocycles. The van der Waals surface area contributed by atoms with Crippen molar-refractivity contribution < 1.29 is 4.79 Å². The van der Waals surface area contributed by atoms with Crippen molar-refractivity contribution in [3.8, 4) is 0 Å². The Labute approximate surface area is 171 Å². The van der Waals surface area contributed by atoms with Crippen LogP contribution in [0.15, 0.2) is 23.4 Å². The predicted octanol–water partition coefficient (Wildman–Crippen LogP) is 3.08. The van der Waals surface area contributed by atoms with E-state index in [-0.39, 0.29) is 11.7 Å². The quantitative estimate of drug-likeness (QED) is 0.477. The highest BCUT2D eigenvalue weighted by atomic mass is 35.5. The van der Waals surface area contributed by atoms with E-state index in [4.69, 9.17) is 11.6 Å². The molecule has 0 radical (unpaired) electrons. The molecule has 0 saturated heterocycles. The van der Waals surface area contributed by atoms with Crippen LogP contribution in [0.5, 0.6) is 0 Å². The van der Waals surface area contributed by atoms with Gasteiger partial charge in [-0.05, 0) is 38.5 Å². The summed E-state index contributed by atoms with van der Waals surface area (Å²) in [6.07, 6.45) is 0. The molecule has 0 bridgehead atoms. The molecule has 28 heavy (non-hydrogen) atoms. The molecule has 0 spiro atoms. The van der Waals surface area contributed by atoms with E-state index < -0.39 is 0 Å². The lowest BCUT2D eigenvalue weighted by atomic mass is 10.2. The second kappa shape index (κ2) is 9.07. The first-order valence-electron chi connectivity index (χ1n) is 8.81. The van der Waals surface area contributed by atoms with Crippen LogP contribution in [0.25, 0.3) is 5.78 Å². The van der Waals surface area contributed by atoms with Crippen molar-refractivity contribution in [1.82, 2.24) is 24.6 Å². The standard InChI is InChI=1S/C17H21ClN8OS/c1-4-19-14-22-15(20-5-2)26-16(23-14)24-25-17(26)28-9-13(27)21-11-7-6-10(3)12(18)8-11/h6-8H,4-5,9H2,1-3H3,(H,21,27)(H2,19,20,22,23,24). The zero-order chi connectivity index (χ0) is 20.1. The second-order valence-corrected chi connectivity index (χ2v) is 7.20. The van der Waals surface area contributed by atoms with Gasteiger partial charge in [0, 0.05) is 23.8 Å². The molecule has 2 heterocycles. The van der Waals surface area contributed by atoms with E-state index in [0.717, 1.165) is 5.56 Å². The number of hydrogen-bond acceptors (Lipinski definition) is 8. The summed E-state index contributed by atoms with van der Waals surface area (Å²) < 4.78 is 1.70. The number of halogens is 1. The molecule has 0 aliphatic carbocycles. The molecule has 0 aliphatic rings. The fraction of sp³-hybridized carbons (Fsp3) is 0.353. The zero-order valence-corrected chi connectivity index (χ0v) is 17.4. The molecule has 11 heteroatoms. The number of amides is 1. The van der Waals surface area contributed by atoms with E-state index in [1.165, 1.54) is 11.8 Å². The summed E-state index contributed by atoms with van der Waals surface area (Å²) in [6, 6.07) is 5.40. The summed E-state index contributed by atoms with van der Waals surface area (Å²) in [7, 11) is 0. The van der Waals surface area contributed by atoms with Crippen LogP contribution in [0, 0.1) is 6.92 Å². The topological polar surface area (TPSA) is 109 Å². The highest BCUT2D eigenvalue weighted by Gasteiger charge is 2.16. The molecule has 3 rings (SSSR count). The summed E-state index contributed by atoms with van der Waals surface area (Å²) in [5.41, 5.74) is 1.61. The Morgan fingerprint density at radius 1 is 1.18 bits per heavy atom. The molecular formula is C17H21ClN8OS. The number of carbonyl (C=O) groups excluding carboxylic acids is 1. The first-order valence-corrected chi connectivity index (χ1v) is 10.2. The lowest BCUT2D eigenvalue weighted by Gasteiger charge is -2.10. The average Bonchev–Trinajstić information content (AvgIpc) is 3.07. The Bertz CT molecular complexity index is 993. The van der Waals surface area contributed by atoms with Gasteiger partial charge in [-0.15, -0.1) is 10.2 Å². The molecule has 9 nitrogen and oxygen atoms in total. The molecule has 0 fully saturated rings. The van der Waals surface area contributed by atoms with Gasteiger partial charge >= 0.3 is 0 Å². The second-order valence-electron chi connectivity index (χ2n) is 5.85. The summed E-state index contributed by atoms with van der Waals surface area (Å²) in [6.45, 7) is 7.21. The number of hydrogen-bond donors (Lipinski definition) is 3. The molecule has 2 aromatic heterocycles. The van der Waals surface area contributed by atoms with Crippen molar-refractivity contribution in [1.29, 1.82) is 0 Å². The fourth-order valence-corrected chi connectivity index (χ4v) is 3.30. The van der Waals surface area contributed by atoms with E-state index in [1.54, 1.807) is 10.5 Å². The van der Waals surface area contributed by atoms with E-state index in [0.29, 0.717) is 46.6 Å². The third-order valence-electron chi connectivity index (χ3n) is 3.70. The van der Waals surface area contributed by atoms with Crippen molar-refractivity contribution in [2.45, 2.75) is 25.9 Å². The van der Waals surface area contributed by atoms with Gasteiger partial charge in [0.2, 0.25) is 17.8 Å². The summed E-state index contributed by atoms with van der Waals surface area (Å²) in [4.78, 5) is 21.1.